The molecule has 0 fully saturated rings. The lowest BCUT2D eigenvalue weighted by Gasteiger charge is -2.25. The summed E-state index contributed by atoms with van der Waals surface area (Å²) in [6.07, 6.45) is 3.71. The Kier molecular flexibility index (Phi) is 7.14. The average molecular weight is 579 g/mol. The third-order valence-corrected chi connectivity index (χ3v) is 8.14. The third-order valence-electron chi connectivity index (χ3n) is 6.91. The molecule has 0 radical (unpaired) electrons. The van der Waals surface area contributed by atoms with Crippen molar-refractivity contribution in [2.45, 2.75) is 19.5 Å². The van der Waals surface area contributed by atoms with Crippen LogP contribution < -0.4 is 14.9 Å². The normalized spacial score (nSPS) is 15.0. The molecule has 0 bridgehead atoms. The van der Waals surface area contributed by atoms with Crippen molar-refractivity contribution >= 4 is 51.6 Å². The standard InChI is InChI=1S/C32H23ClN4O3S/c1-2-40-31(39)27-28(20-8-4-3-5-9-20)35-32-37(29(27)21-12-14-23(33)15-13-21)30(38)26(41-32)18-22-19-36(17-16-34)25-11-7-6-10-24(22)25/h3-15,18-19,29H,2,17H2,1H3/b26-18-/t29-/m0/s1. The highest BCUT2D eigenvalue weighted by atomic mass is 35.5. The van der Waals surface area contributed by atoms with E-state index in [0.29, 0.717) is 25.6 Å². The maximum Gasteiger partial charge on any atom is 0.338 e. The van der Waals surface area contributed by atoms with Gasteiger partial charge in [-0.05, 0) is 36.8 Å². The summed E-state index contributed by atoms with van der Waals surface area (Å²) in [6, 6.07) is 25.7. The van der Waals surface area contributed by atoms with Gasteiger partial charge < -0.3 is 9.30 Å². The second-order valence-electron chi connectivity index (χ2n) is 9.37. The summed E-state index contributed by atoms with van der Waals surface area (Å²) < 4.78 is 9.39. The third kappa shape index (κ3) is 4.80. The van der Waals surface area contributed by atoms with E-state index >= 15 is 0 Å². The minimum atomic E-state index is -0.778. The van der Waals surface area contributed by atoms with E-state index in [9.17, 15) is 14.9 Å². The number of para-hydroxylation sites is 1. The summed E-state index contributed by atoms with van der Waals surface area (Å²) in [6.45, 7) is 2.11. The molecule has 7 nitrogen and oxygen atoms in total. The Morgan fingerprint density at radius 1 is 1.10 bits per heavy atom. The van der Waals surface area contributed by atoms with Crippen LogP contribution in [0.3, 0.4) is 0 Å². The van der Waals surface area contributed by atoms with E-state index in [2.05, 4.69) is 6.07 Å². The van der Waals surface area contributed by atoms with E-state index in [-0.39, 0.29) is 24.3 Å². The van der Waals surface area contributed by atoms with Crippen molar-refractivity contribution in [3.63, 3.8) is 0 Å². The molecule has 1 aliphatic heterocycles. The van der Waals surface area contributed by atoms with E-state index in [1.165, 1.54) is 11.3 Å². The molecule has 0 spiro atoms. The molecule has 3 heterocycles. The van der Waals surface area contributed by atoms with Gasteiger partial charge in [0.25, 0.3) is 5.56 Å². The molecule has 0 unspecified atom stereocenters. The number of rotatable bonds is 6. The largest absolute Gasteiger partial charge is 0.463 e. The topological polar surface area (TPSA) is 89.4 Å². The lowest BCUT2D eigenvalue weighted by molar-refractivity contribution is -0.138. The van der Waals surface area contributed by atoms with E-state index in [0.717, 1.165) is 22.0 Å². The number of nitriles is 1. The van der Waals surface area contributed by atoms with E-state index in [1.54, 1.807) is 23.6 Å². The highest BCUT2D eigenvalue weighted by molar-refractivity contribution is 7.07. The zero-order valence-corrected chi connectivity index (χ0v) is 23.5. The van der Waals surface area contributed by atoms with Crippen LogP contribution in [0.4, 0.5) is 0 Å². The molecule has 0 saturated carbocycles. The minimum Gasteiger partial charge on any atom is -0.463 e. The van der Waals surface area contributed by atoms with E-state index in [4.69, 9.17) is 21.3 Å². The van der Waals surface area contributed by atoms with Gasteiger partial charge in [0, 0.05) is 33.2 Å². The summed E-state index contributed by atoms with van der Waals surface area (Å²) >= 11 is 7.46. The summed E-state index contributed by atoms with van der Waals surface area (Å²) in [7, 11) is 0. The molecular formula is C32H23ClN4O3S. The molecule has 1 atom stereocenters. The molecule has 6 rings (SSSR count). The highest BCUT2D eigenvalue weighted by Gasteiger charge is 2.35. The summed E-state index contributed by atoms with van der Waals surface area (Å²) in [5.74, 6) is -0.538. The van der Waals surface area contributed by atoms with Gasteiger partial charge in [-0.25, -0.2) is 9.79 Å². The number of halogens is 1. The number of thiazole rings is 1. The van der Waals surface area contributed by atoms with Gasteiger partial charge in [0.15, 0.2) is 4.80 Å². The predicted octanol–water partition coefficient (Wildman–Crippen LogP) is 5.07. The molecule has 2 aromatic heterocycles. The van der Waals surface area contributed by atoms with Gasteiger partial charge in [-0.1, -0.05) is 83.6 Å². The van der Waals surface area contributed by atoms with Crippen molar-refractivity contribution < 1.29 is 9.53 Å². The zero-order chi connectivity index (χ0) is 28.5. The van der Waals surface area contributed by atoms with Crippen LogP contribution in [0.15, 0.2) is 100 Å². The minimum absolute atomic E-state index is 0.176. The maximum absolute atomic E-state index is 14.1. The molecular weight excluding hydrogens is 556 g/mol. The van der Waals surface area contributed by atoms with Crippen LogP contribution in [0.5, 0.6) is 0 Å². The van der Waals surface area contributed by atoms with Crippen molar-refractivity contribution in [3.8, 4) is 6.07 Å². The molecule has 0 amide bonds. The first-order chi connectivity index (χ1) is 20.0. The van der Waals surface area contributed by atoms with Crippen molar-refractivity contribution in [2.24, 2.45) is 4.99 Å². The van der Waals surface area contributed by atoms with Crippen LogP contribution in [0, 0.1) is 11.3 Å². The van der Waals surface area contributed by atoms with Crippen LogP contribution >= 0.6 is 22.9 Å². The molecule has 3 aromatic carbocycles. The SMILES string of the molecule is CCOC(=O)C1=C(c2ccccc2)N=c2s/c(=C\c3cn(CC#N)c4ccccc34)c(=O)n2[C@H]1c1ccc(Cl)cc1. The number of nitrogens with zero attached hydrogens (tertiary/aromatic N) is 4. The molecule has 0 N–H and O–H groups in total. The first-order valence-electron chi connectivity index (χ1n) is 13.0. The van der Waals surface area contributed by atoms with Crippen LogP contribution in [-0.2, 0) is 16.1 Å². The smallest absolute Gasteiger partial charge is 0.338 e. The average Bonchev–Trinajstić information content (AvgIpc) is 3.50. The number of hydrogen-bond acceptors (Lipinski definition) is 6. The molecule has 202 valence electrons. The monoisotopic (exact) mass is 578 g/mol. The number of hydrogen-bond donors (Lipinski definition) is 0. The Hall–Kier alpha value is -4.71. The van der Waals surface area contributed by atoms with Crippen LogP contribution in [0.1, 0.15) is 29.7 Å². The second-order valence-corrected chi connectivity index (χ2v) is 10.8. The Labute approximate surface area is 244 Å². The number of aromatic nitrogens is 2. The zero-order valence-electron chi connectivity index (χ0n) is 22.0. The summed E-state index contributed by atoms with van der Waals surface area (Å²) in [4.78, 5) is 33.0. The van der Waals surface area contributed by atoms with Gasteiger partial charge in [-0.3, -0.25) is 9.36 Å². The number of carbonyl (C=O) groups excluding carboxylic acids is 1. The fourth-order valence-corrected chi connectivity index (χ4v) is 6.26. The van der Waals surface area contributed by atoms with Crippen molar-refractivity contribution in [3.05, 3.63) is 132 Å². The lowest BCUT2D eigenvalue weighted by Crippen LogP contribution is -2.40. The molecule has 5 aromatic rings. The second kappa shape index (κ2) is 11.0. The van der Waals surface area contributed by atoms with Gasteiger partial charge in [0.05, 0.1) is 34.5 Å². The van der Waals surface area contributed by atoms with E-state index < -0.39 is 12.0 Å². The van der Waals surface area contributed by atoms with E-state index in [1.807, 2.05) is 83.6 Å². The molecule has 1 aliphatic rings. The Bertz CT molecular complexity index is 2050. The van der Waals surface area contributed by atoms with Crippen molar-refractivity contribution in [2.75, 3.05) is 6.61 Å². The Balaban J connectivity index is 1.65. The molecule has 0 saturated heterocycles. The number of carbonyl (C=O) groups is 1. The molecule has 0 aliphatic carbocycles. The van der Waals surface area contributed by atoms with Crippen molar-refractivity contribution in [1.82, 2.24) is 9.13 Å². The van der Waals surface area contributed by atoms with Gasteiger partial charge >= 0.3 is 5.97 Å². The number of benzene rings is 3. The van der Waals surface area contributed by atoms with Crippen molar-refractivity contribution in [1.29, 1.82) is 5.26 Å². The number of esters is 1. The van der Waals surface area contributed by atoms with Gasteiger partial charge in [0.1, 0.15) is 6.54 Å². The fraction of sp³-hybridized carbons (Fsp3) is 0.125. The summed E-state index contributed by atoms with van der Waals surface area (Å²) in [5, 5.41) is 10.8. The van der Waals surface area contributed by atoms with Crippen LogP contribution in [0.2, 0.25) is 5.02 Å². The van der Waals surface area contributed by atoms with Gasteiger partial charge in [-0.2, -0.15) is 5.26 Å². The number of ether oxygens (including phenoxy) is 1. The molecule has 41 heavy (non-hydrogen) atoms. The first-order valence-corrected chi connectivity index (χ1v) is 14.2. The maximum atomic E-state index is 14.1. The highest BCUT2D eigenvalue weighted by Crippen LogP contribution is 2.35. The Morgan fingerprint density at radius 3 is 2.56 bits per heavy atom. The molecule has 9 heteroatoms. The lowest BCUT2D eigenvalue weighted by atomic mass is 9.93. The number of fused-ring (bicyclic) bond motifs is 2. The van der Waals surface area contributed by atoms with Gasteiger partial charge in [0.2, 0.25) is 0 Å². The predicted molar refractivity (Wildman–Crippen MR) is 160 cm³/mol. The fourth-order valence-electron chi connectivity index (χ4n) is 5.14. The first kappa shape index (κ1) is 26.5. The Morgan fingerprint density at radius 2 is 1.83 bits per heavy atom. The van der Waals surface area contributed by atoms with Gasteiger partial charge in [-0.15, -0.1) is 0 Å². The summed E-state index contributed by atoms with van der Waals surface area (Å²) in [5.41, 5.74) is 3.64. The van der Waals surface area contributed by atoms with Crippen LogP contribution in [-0.4, -0.2) is 21.7 Å². The quantitative estimate of drug-likeness (QED) is 0.263. The van der Waals surface area contributed by atoms with Crippen LogP contribution in [0.25, 0.3) is 22.7 Å².